The van der Waals surface area contributed by atoms with Gasteiger partial charge in [0.25, 0.3) is 5.91 Å². The van der Waals surface area contributed by atoms with E-state index in [2.05, 4.69) is 0 Å². The largest absolute Gasteiger partial charge is 0.416 e. The van der Waals surface area contributed by atoms with E-state index in [1.54, 1.807) is 7.05 Å². The predicted molar refractivity (Wildman–Crippen MR) is 67.0 cm³/mol. The van der Waals surface area contributed by atoms with Crippen LogP contribution in [0, 0.1) is 0 Å². The van der Waals surface area contributed by atoms with Gasteiger partial charge in [0, 0.05) is 25.7 Å². The molecule has 0 aliphatic carbocycles. The van der Waals surface area contributed by atoms with Gasteiger partial charge in [0.15, 0.2) is 0 Å². The second-order valence-corrected chi connectivity index (χ2v) is 4.61. The summed E-state index contributed by atoms with van der Waals surface area (Å²) in [7, 11) is 5.40. The first-order valence-electron chi connectivity index (χ1n) is 5.79. The molecule has 1 aromatic carbocycles. The lowest BCUT2D eigenvalue weighted by Crippen LogP contribution is -2.33. The molecule has 0 saturated carbocycles. The topological polar surface area (TPSA) is 23.6 Å². The van der Waals surface area contributed by atoms with Crippen LogP contribution in [0.3, 0.4) is 0 Å². The van der Waals surface area contributed by atoms with E-state index in [4.69, 9.17) is 0 Å². The Hall–Kier alpha value is -1.56. The van der Waals surface area contributed by atoms with Gasteiger partial charge in [0.05, 0.1) is 5.56 Å². The molecule has 0 atom stereocenters. The summed E-state index contributed by atoms with van der Waals surface area (Å²) in [6.07, 6.45) is -4.38. The van der Waals surface area contributed by atoms with E-state index in [0.29, 0.717) is 13.1 Å². The maximum Gasteiger partial charge on any atom is 0.416 e. The van der Waals surface area contributed by atoms with Crippen LogP contribution in [0.15, 0.2) is 24.3 Å². The molecule has 0 unspecified atom stereocenters. The minimum absolute atomic E-state index is 0.259. The summed E-state index contributed by atoms with van der Waals surface area (Å²) < 4.78 is 37.2. The lowest BCUT2D eigenvalue weighted by Gasteiger charge is -2.19. The number of nitrogens with zero attached hydrogens (tertiary/aromatic N) is 2. The van der Waals surface area contributed by atoms with Crippen molar-refractivity contribution in [2.24, 2.45) is 0 Å². The average Bonchev–Trinajstić information content (AvgIpc) is 2.34. The van der Waals surface area contributed by atoms with Crippen molar-refractivity contribution in [3.63, 3.8) is 0 Å². The van der Waals surface area contributed by atoms with Crippen molar-refractivity contribution in [1.82, 2.24) is 9.80 Å². The summed E-state index contributed by atoms with van der Waals surface area (Å²) >= 11 is 0. The van der Waals surface area contributed by atoms with Crippen molar-refractivity contribution in [3.05, 3.63) is 35.4 Å². The van der Waals surface area contributed by atoms with Gasteiger partial charge in [0.1, 0.15) is 0 Å². The second kappa shape index (κ2) is 6.06. The maximum atomic E-state index is 12.4. The zero-order valence-electron chi connectivity index (χ0n) is 11.2. The number of carbonyl (C=O) groups is 1. The number of carbonyl (C=O) groups excluding carboxylic acids is 1. The Morgan fingerprint density at radius 1 is 1.05 bits per heavy atom. The fraction of sp³-hybridized carbons (Fsp3) is 0.462. The smallest absolute Gasteiger partial charge is 0.340 e. The number of amides is 1. The lowest BCUT2D eigenvalue weighted by atomic mass is 10.1. The monoisotopic (exact) mass is 274 g/mol. The van der Waals surface area contributed by atoms with Gasteiger partial charge in [-0.05, 0) is 38.4 Å². The van der Waals surface area contributed by atoms with E-state index in [0.717, 1.165) is 12.1 Å². The first-order chi connectivity index (χ1) is 8.71. The number of rotatable bonds is 4. The Labute approximate surface area is 110 Å². The van der Waals surface area contributed by atoms with Crippen LogP contribution >= 0.6 is 0 Å². The molecule has 0 aromatic heterocycles. The van der Waals surface area contributed by atoms with E-state index in [-0.39, 0.29) is 11.5 Å². The Kier molecular flexibility index (Phi) is 4.94. The van der Waals surface area contributed by atoms with Crippen molar-refractivity contribution in [2.45, 2.75) is 6.18 Å². The van der Waals surface area contributed by atoms with E-state index >= 15 is 0 Å². The Morgan fingerprint density at radius 3 is 2.00 bits per heavy atom. The summed E-state index contributed by atoms with van der Waals surface area (Å²) in [5.41, 5.74) is -0.491. The summed E-state index contributed by atoms with van der Waals surface area (Å²) in [4.78, 5) is 15.4. The summed E-state index contributed by atoms with van der Waals surface area (Å²) in [5.74, 6) is -0.282. The van der Waals surface area contributed by atoms with Crippen molar-refractivity contribution in [3.8, 4) is 0 Å². The molecule has 19 heavy (non-hydrogen) atoms. The molecule has 0 aliphatic heterocycles. The molecule has 0 bridgehead atoms. The molecule has 0 radical (unpaired) electrons. The zero-order valence-corrected chi connectivity index (χ0v) is 11.2. The van der Waals surface area contributed by atoms with Crippen LogP contribution < -0.4 is 0 Å². The van der Waals surface area contributed by atoms with Gasteiger partial charge in [-0.1, -0.05) is 0 Å². The van der Waals surface area contributed by atoms with Crippen LogP contribution in [0.25, 0.3) is 0 Å². The van der Waals surface area contributed by atoms with E-state index in [1.807, 2.05) is 19.0 Å². The average molecular weight is 274 g/mol. The first kappa shape index (κ1) is 15.5. The van der Waals surface area contributed by atoms with Gasteiger partial charge in [0.2, 0.25) is 0 Å². The van der Waals surface area contributed by atoms with Gasteiger partial charge >= 0.3 is 6.18 Å². The third kappa shape index (κ3) is 4.55. The maximum absolute atomic E-state index is 12.4. The summed E-state index contributed by atoms with van der Waals surface area (Å²) in [5, 5.41) is 0. The molecule has 0 N–H and O–H groups in total. The highest BCUT2D eigenvalue weighted by molar-refractivity contribution is 5.94. The van der Waals surface area contributed by atoms with Gasteiger partial charge in [-0.3, -0.25) is 4.79 Å². The molecule has 0 saturated heterocycles. The van der Waals surface area contributed by atoms with Crippen LogP contribution in [-0.2, 0) is 6.18 Å². The summed E-state index contributed by atoms with van der Waals surface area (Å²) in [6, 6.07) is 4.26. The predicted octanol–water partition coefficient (Wildman–Crippen LogP) is 2.34. The zero-order chi connectivity index (χ0) is 14.6. The molecule has 1 rings (SSSR count). The molecular formula is C13H17F3N2O. The molecule has 0 fully saturated rings. The van der Waals surface area contributed by atoms with Crippen LogP contribution in [0.1, 0.15) is 15.9 Å². The second-order valence-electron chi connectivity index (χ2n) is 4.61. The molecule has 0 aliphatic rings. The number of halogens is 3. The number of alkyl halides is 3. The molecule has 0 heterocycles. The Morgan fingerprint density at radius 2 is 1.58 bits per heavy atom. The van der Waals surface area contributed by atoms with Gasteiger partial charge < -0.3 is 9.80 Å². The number of hydrogen-bond donors (Lipinski definition) is 0. The highest BCUT2D eigenvalue weighted by atomic mass is 19.4. The van der Waals surface area contributed by atoms with Crippen LogP contribution in [-0.4, -0.2) is 49.9 Å². The summed E-state index contributed by atoms with van der Waals surface area (Å²) in [6.45, 7) is 1.22. The molecule has 1 aromatic rings. The normalized spacial score (nSPS) is 11.7. The minimum atomic E-state index is -4.38. The third-order valence-corrected chi connectivity index (χ3v) is 2.69. The van der Waals surface area contributed by atoms with Crippen LogP contribution in [0.5, 0.6) is 0 Å². The first-order valence-corrected chi connectivity index (χ1v) is 5.79. The Bertz CT molecular complexity index is 427. The molecule has 106 valence electrons. The van der Waals surface area contributed by atoms with Crippen molar-refractivity contribution in [1.29, 1.82) is 0 Å². The minimum Gasteiger partial charge on any atom is -0.340 e. The van der Waals surface area contributed by atoms with Crippen LogP contribution in [0.4, 0.5) is 13.2 Å². The molecule has 0 spiro atoms. The Balaban J connectivity index is 2.72. The molecule has 3 nitrogen and oxygen atoms in total. The highest BCUT2D eigenvalue weighted by Crippen LogP contribution is 2.29. The number of benzene rings is 1. The number of hydrogen-bond acceptors (Lipinski definition) is 2. The van der Waals surface area contributed by atoms with E-state index in [9.17, 15) is 18.0 Å². The highest BCUT2D eigenvalue weighted by Gasteiger charge is 2.30. The number of likely N-dealkylation sites (N-methyl/N-ethyl adjacent to an activating group) is 2. The van der Waals surface area contributed by atoms with Crippen LogP contribution in [0.2, 0.25) is 0 Å². The third-order valence-electron chi connectivity index (χ3n) is 2.69. The van der Waals surface area contributed by atoms with E-state index in [1.165, 1.54) is 17.0 Å². The van der Waals surface area contributed by atoms with Crippen molar-refractivity contribution >= 4 is 5.91 Å². The fourth-order valence-corrected chi connectivity index (χ4v) is 1.47. The van der Waals surface area contributed by atoms with Crippen molar-refractivity contribution in [2.75, 3.05) is 34.2 Å². The quantitative estimate of drug-likeness (QED) is 0.841. The standard InChI is InChI=1S/C13H17F3N2O/c1-17(2)8-9-18(3)12(19)10-4-6-11(7-5-10)13(14,15)16/h4-7H,8-9H2,1-3H3. The SMILES string of the molecule is CN(C)CCN(C)C(=O)c1ccc(C(F)(F)F)cc1. The van der Waals surface area contributed by atoms with E-state index < -0.39 is 11.7 Å². The lowest BCUT2D eigenvalue weighted by molar-refractivity contribution is -0.137. The van der Waals surface area contributed by atoms with Gasteiger partial charge in [-0.25, -0.2) is 0 Å². The molecule has 1 amide bonds. The molecular weight excluding hydrogens is 257 g/mol. The van der Waals surface area contributed by atoms with Gasteiger partial charge in [-0.2, -0.15) is 13.2 Å². The molecule has 6 heteroatoms. The van der Waals surface area contributed by atoms with Crippen molar-refractivity contribution < 1.29 is 18.0 Å². The fourth-order valence-electron chi connectivity index (χ4n) is 1.47. The van der Waals surface area contributed by atoms with Gasteiger partial charge in [-0.15, -0.1) is 0 Å².